The number of carbonyl (C=O) groups is 1. The van der Waals surface area contributed by atoms with Crippen molar-refractivity contribution in [2.45, 2.75) is 46.1 Å². The summed E-state index contributed by atoms with van der Waals surface area (Å²) in [7, 11) is 2.19. The van der Waals surface area contributed by atoms with E-state index in [9.17, 15) is 4.79 Å². The molecule has 3 nitrogen and oxygen atoms in total. The molecule has 0 radical (unpaired) electrons. The van der Waals surface area contributed by atoms with Crippen LogP contribution < -0.4 is 0 Å². The predicted octanol–water partition coefficient (Wildman–Crippen LogP) is 3.67. The molecule has 1 heterocycles. The van der Waals surface area contributed by atoms with Crippen molar-refractivity contribution in [3.05, 3.63) is 35.4 Å². The molecule has 0 N–H and O–H groups in total. The maximum atomic E-state index is 11.4. The van der Waals surface area contributed by atoms with E-state index in [0.717, 1.165) is 26.1 Å². The molecule has 1 aromatic rings. The van der Waals surface area contributed by atoms with E-state index < -0.39 is 0 Å². The Hall–Kier alpha value is -1.35. The van der Waals surface area contributed by atoms with E-state index in [0.29, 0.717) is 17.9 Å². The Kier molecular flexibility index (Phi) is 5.63. The molecule has 0 bridgehead atoms. The lowest BCUT2D eigenvalue weighted by atomic mass is 9.98. The second kappa shape index (κ2) is 7.28. The molecule has 0 spiro atoms. The van der Waals surface area contributed by atoms with Crippen molar-refractivity contribution < 1.29 is 4.79 Å². The number of hydrogen-bond acceptors (Lipinski definition) is 2. The van der Waals surface area contributed by atoms with Gasteiger partial charge in [0.25, 0.3) is 0 Å². The molecule has 1 fully saturated rings. The lowest BCUT2D eigenvalue weighted by Crippen LogP contribution is -2.31. The monoisotopic (exact) mass is 302 g/mol. The molecule has 2 atom stereocenters. The van der Waals surface area contributed by atoms with E-state index in [1.807, 2.05) is 4.90 Å². The Balaban J connectivity index is 1.92. The Morgan fingerprint density at radius 3 is 2.32 bits per heavy atom. The highest BCUT2D eigenvalue weighted by molar-refractivity contribution is 5.73. The van der Waals surface area contributed by atoms with Gasteiger partial charge in [0, 0.05) is 32.6 Å². The summed E-state index contributed by atoms with van der Waals surface area (Å²) < 4.78 is 0. The highest BCUT2D eigenvalue weighted by Gasteiger charge is 2.26. The van der Waals surface area contributed by atoms with Crippen LogP contribution in [-0.2, 0) is 4.79 Å². The van der Waals surface area contributed by atoms with Crippen LogP contribution in [0.2, 0.25) is 0 Å². The zero-order valence-electron chi connectivity index (χ0n) is 14.7. The van der Waals surface area contributed by atoms with Gasteiger partial charge in [-0.2, -0.15) is 0 Å². The largest absolute Gasteiger partial charge is 0.343 e. The van der Waals surface area contributed by atoms with E-state index in [4.69, 9.17) is 0 Å². The van der Waals surface area contributed by atoms with Crippen LogP contribution in [-0.4, -0.2) is 42.4 Å². The van der Waals surface area contributed by atoms with Crippen LogP contribution in [0.5, 0.6) is 0 Å². The summed E-state index contributed by atoms with van der Waals surface area (Å²) in [5.74, 6) is 1.40. The van der Waals surface area contributed by atoms with Gasteiger partial charge in [0.15, 0.2) is 0 Å². The fourth-order valence-corrected chi connectivity index (χ4v) is 3.25. The number of likely N-dealkylation sites (tertiary alicyclic amines) is 1. The molecule has 3 heteroatoms. The molecule has 22 heavy (non-hydrogen) atoms. The van der Waals surface area contributed by atoms with Crippen molar-refractivity contribution in [1.29, 1.82) is 0 Å². The Morgan fingerprint density at radius 1 is 1.23 bits per heavy atom. The van der Waals surface area contributed by atoms with Crippen LogP contribution in [0.4, 0.5) is 0 Å². The number of benzene rings is 1. The molecule has 1 saturated heterocycles. The first-order valence-corrected chi connectivity index (χ1v) is 8.44. The first kappa shape index (κ1) is 17.0. The highest BCUT2D eigenvalue weighted by atomic mass is 16.2. The smallest absolute Gasteiger partial charge is 0.219 e. The van der Waals surface area contributed by atoms with Gasteiger partial charge in [-0.15, -0.1) is 0 Å². The van der Waals surface area contributed by atoms with Gasteiger partial charge < -0.3 is 4.90 Å². The molecule has 0 aromatic heterocycles. The van der Waals surface area contributed by atoms with Crippen LogP contribution in [0.3, 0.4) is 0 Å². The van der Waals surface area contributed by atoms with Crippen LogP contribution in [0.1, 0.15) is 57.2 Å². The van der Waals surface area contributed by atoms with Gasteiger partial charge in [-0.25, -0.2) is 0 Å². The minimum Gasteiger partial charge on any atom is -0.343 e. The maximum absolute atomic E-state index is 11.4. The summed E-state index contributed by atoms with van der Waals surface area (Å²) in [6.07, 6.45) is 1.13. The van der Waals surface area contributed by atoms with Crippen LogP contribution in [0.15, 0.2) is 24.3 Å². The fraction of sp³-hybridized carbons (Fsp3) is 0.632. The van der Waals surface area contributed by atoms with E-state index in [-0.39, 0.29) is 5.91 Å². The van der Waals surface area contributed by atoms with Gasteiger partial charge in [0.1, 0.15) is 0 Å². The minimum atomic E-state index is 0.211. The second-order valence-corrected chi connectivity index (χ2v) is 7.06. The average Bonchev–Trinajstić information content (AvgIpc) is 2.95. The van der Waals surface area contributed by atoms with Gasteiger partial charge in [0.2, 0.25) is 5.91 Å². The van der Waals surface area contributed by atoms with Crippen molar-refractivity contribution in [3.8, 4) is 0 Å². The quantitative estimate of drug-likeness (QED) is 0.828. The SMILES string of the molecule is CC(=O)N1CC[C@@H](CN(C)[C@@H](C)c2ccc(C(C)C)cc2)C1. The molecule has 0 unspecified atom stereocenters. The van der Waals surface area contributed by atoms with Gasteiger partial charge >= 0.3 is 0 Å². The summed E-state index contributed by atoms with van der Waals surface area (Å²) in [5.41, 5.74) is 2.76. The summed E-state index contributed by atoms with van der Waals surface area (Å²) in [5, 5.41) is 0. The van der Waals surface area contributed by atoms with Gasteiger partial charge in [-0.3, -0.25) is 9.69 Å². The highest BCUT2D eigenvalue weighted by Crippen LogP contribution is 2.25. The molecule has 0 saturated carbocycles. The van der Waals surface area contributed by atoms with E-state index in [1.54, 1.807) is 6.92 Å². The van der Waals surface area contributed by atoms with Crippen LogP contribution in [0.25, 0.3) is 0 Å². The fourth-order valence-electron chi connectivity index (χ4n) is 3.25. The number of nitrogens with zero attached hydrogens (tertiary/aromatic N) is 2. The van der Waals surface area contributed by atoms with Gasteiger partial charge in [0.05, 0.1) is 0 Å². The summed E-state index contributed by atoms with van der Waals surface area (Å²) in [4.78, 5) is 15.8. The number of rotatable bonds is 5. The average molecular weight is 302 g/mol. The lowest BCUT2D eigenvalue weighted by Gasteiger charge is -2.28. The van der Waals surface area contributed by atoms with E-state index in [1.165, 1.54) is 11.1 Å². The standard InChI is InChI=1S/C19H30N2O/c1-14(2)18-6-8-19(9-7-18)15(3)20(5)12-17-10-11-21(13-17)16(4)22/h6-9,14-15,17H,10-13H2,1-5H3/t15-,17-/m0/s1. The number of carbonyl (C=O) groups excluding carboxylic acids is 1. The molecule has 0 aliphatic carbocycles. The zero-order valence-corrected chi connectivity index (χ0v) is 14.7. The Bertz CT molecular complexity index is 495. The number of amides is 1. The summed E-state index contributed by atoms with van der Waals surface area (Å²) in [6.45, 7) is 11.3. The summed E-state index contributed by atoms with van der Waals surface area (Å²) >= 11 is 0. The molecule has 1 amide bonds. The Labute approximate surface area is 135 Å². The van der Waals surface area contributed by atoms with E-state index in [2.05, 4.69) is 57.0 Å². The topological polar surface area (TPSA) is 23.6 Å². The van der Waals surface area contributed by atoms with Crippen molar-refractivity contribution in [2.24, 2.45) is 5.92 Å². The third-order valence-electron chi connectivity index (χ3n) is 5.02. The first-order valence-electron chi connectivity index (χ1n) is 8.44. The van der Waals surface area contributed by atoms with Crippen molar-refractivity contribution in [1.82, 2.24) is 9.80 Å². The minimum absolute atomic E-state index is 0.211. The molecular weight excluding hydrogens is 272 g/mol. The van der Waals surface area contributed by atoms with E-state index >= 15 is 0 Å². The predicted molar refractivity (Wildman–Crippen MR) is 91.9 cm³/mol. The summed E-state index contributed by atoms with van der Waals surface area (Å²) in [6, 6.07) is 9.42. The number of hydrogen-bond donors (Lipinski definition) is 0. The first-order chi connectivity index (χ1) is 10.4. The zero-order chi connectivity index (χ0) is 16.3. The third-order valence-corrected chi connectivity index (χ3v) is 5.02. The second-order valence-electron chi connectivity index (χ2n) is 7.06. The van der Waals surface area contributed by atoms with Crippen molar-refractivity contribution in [2.75, 3.05) is 26.7 Å². The van der Waals surface area contributed by atoms with Crippen LogP contribution in [0, 0.1) is 5.92 Å². The normalized spacial score (nSPS) is 20.0. The molecule has 1 aromatic carbocycles. The lowest BCUT2D eigenvalue weighted by molar-refractivity contribution is -0.127. The van der Waals surface area contributed by atoms with Gasteiger partial charge in [-0.05, 0) is 43.4 Å². The third kappa shape index (κ3) is 4.10. The molecular formula is C19H30N2O. The van der Waals surface area contributed by atoms with Crippen molar-refractivity contribution >= 4 is 5.91 Å². The van der Waals surface area contributed by atoms with Gasteiger partial charge in [-0.1, -0.05) is 38.1 Å². The molecule has 122 valence electrons. The van der Waals surface area contributed by atoms with Crippen LogP contribution >= 0.6 is 0 Å². The van der Waals surface area contributed by atoms with Crippen molar-refractivity contribution in [3.63, 3.8) is 0 Å². The molecule has 2 rings (SSSR count). The molecule has 1 aliphatic rings. The molecule has 1 aliphatic heterocycles. The maximum Gasteiger partial charge on any atom is 0.219 e. The Morgan fingerprint density at radius 2 is 1.82 bits per heavy atom.